The van der Waals surface area contributed by atoms with E-state index in [0.717, 1.165) is 23.3 Å². The Balaban J connectivity index is 1.49. The van der Waals surface area contributed by atoms with Crippen molar-refractivity contribution >= 4 is 6.21 Å². The lowest BCUT2D eigenvalue weighted by Gasteiger charge is -2.13. The number of benzene rings is 4. The molecule has 0 bridgehead atoms. The molecule has 4 aromatic rings. The fourth-order valence-electron chi connectivity index (χ4n) is 3.37. The molecule has 1 unspecified atom stereocenters. The zero-order valence-electron chi connectivity index (χ0n) is 16.9. The van der Waals surface area contributed by atoms with E-state index < -0.39 is 0 Å². The quantitative estimate of drug-likeness (QED) is 0.307. The van der Waals surface area contributed by atoms with Crippen LogP contribution in [0.15, 0.2) is 120 Å². The van der Waals surface area contributed by atoms with Crippen molar-refractivity contribution in [3.8, 4) is 5.75 Å². The third kappa shape index (κ3) is 5.68. The maximum Gasteiger partial charge on any atom is 0.120 e. The van der Waals surface area contributed by atoms with Crippen molar-refractivity contribution in [3.05, 3.63) is 138 Å². The summed E-state index contributed by atoms with van der Waals surface area (Å²) in [6, 6.07) is 39.4. The Hall–Kier alpha value is -3.65. The summed E-state index contributed by atoms with van der Waals surface area (Å²) in [4.78, 5) is 4.94. The molecule has 148 valence electrons. The molecule has 4 aromatic carbocycles. The Morgan fingerprint density at radius 1 is 0.667 bits per heavy atom. The molecule has 0 saturated heterocycles. The average molecular weight is 392 g/mol. The van der Waals surface area contributed by atoms with Gasteiger partial charge < -0.3 is 4.74 Å². The van der Waals surface area contributed by atoms with Gasteiger partial charge in [-0.1, -0.05) is 103 Å². The molecule has 0 fully saturated rings. The molecule has 2 nitrogen and oxygen atoms in total. The van der Waals surface area contributed by atoms with Crippen LogP contribution in [0.4, 0.5) is 0 Å². The van der Waals surface area contributed by atoms with Crippen LogP contribution in [-0.2, 0) is 13.0 Å². The van der Waals surface area contributed by atoms with Gasteiger partial charge in [0, 0.05) is 6.21 Å². The summed E-state index contributed by atoms with van der Waals surface area (Å²) in [5.41, 5.74) is 4.69. The Morgan fingerprint density at radius 2 is 1.30 bits per heavy atom. The number of rotatable bonds is 8. The van der Waals surface area contributed by atoms with Crippen LogP contribution in [-0.4, -0.2) is 6.21 Å². The second-order valence-electron chi connectivity index (χ2n) is 7.24. The summed E-state index contributed by atoms with van der Waals surface area (Å²) in [6.07, 6.45) is 2.82. The van der Waals surface area contributed by atoms with Gasteiger partial charge in [-0.15, -0.1) is 0 Å². The fraction of sp³-hybridized carbons (Fsp3) is 0.107. The van der Waals surface area contributed by atoms with Crippen molar-refractivity contribution in [2.75, 3.05) is 0 Å². The third-order valence-corrected chi connectivity index (χ3v) is 4.97. The van der Waals surface area contributed by atoms with E-state index in [9.17, 15) is 0 Å². The zero-order valence-corrected chi connectivity index (χ0v) is 16.9. The summed E-state index contributed by atoms with van der Waals surface area (Å²) in [5, 5.41) is 0. The van der Waals surface area contributed by atoms with Crippen molar-refractivity contribution < 1.29 is 4.74 Å². The van der Waals surface area contributed by atoms with E-state index in [1.807, 2.05) is 54.7 Å². The van der Waals surface area contributed by atoms with Gasteiger partial charge in [0.25, 0.3) is 0 Å². The van der Waals surface area contributed by atoms with E-state index >= 15 is 0 Å². The lowest BCUT2D eigenvalue weighted by Crippen LogP contribution is -2.01. The number of hydrogen-bond acceptors (Lipinski definition) is 2. The molecule has 0 N–H and O–H groups in total. The third-order valence-electron chi connectivity index (χ3n) is 4.97. The summed E-state index contributed by atoms with van der Waals surface area (Å²) < 4.78 is 5.96. The number of ether oxygens (including phenoxy) is 1. The molecule has 0 aromatic heterocycles. The largest absolute Gasteiger partial charge is 0.489 e. The van der Waals surface area contributed by atoms with Gasteiger partial charge in [0.05, 0.1) is 6.04 Å². The van der Waals surface area contributed by atoms with Crippen LogP contribution in [0, 0.1) is 0 Å². The molecule has 0 aliphatic carbocycles. The van der Waals surface area contributed by atoms with Crippen molar-refractivity contribution in [2.45, 2.75) is 19.1 Å². The summed E-state index contributed by atoms with van der Waals surface area (Å²) >= 11 is 0. The highest BCUT2D eigenvalue weighted by Crippen LogP contribution is 2.23. The summed E-state index contributed by atoms with van der Waals surface area (Å²) in [6.45, 7) is 0.558. The lowest BCUT2D eigenvalue weighted by molar-refractivity contribution is 0.306. The fourth-order valence-corrected chi connectivity index (χ4v) is 3.37. The van der Waals surface area contributed by atoms with Gasteiger partial charge >= 0.3 is 0 Å². The Labute approximate surface area is 178 Å². The van der Waals surface area contributed by atoms with Crippen LogP contribution in [0.3, 0.4) is 0 Å². The van der Waals surface area contributed by atoms with Gasteiger partial charge in [-0.2, -0.15) is 0 Å². The highest BCUT2D eigenvalue weighted by atomic mass is 16.5. The van der Waals surface area contributed by atoms with E-state index in [4.69, 9.17) is 9.73 Å². The molecule has 0 saturated carbocycles. The van der Waals surface area contributed by atoms with E-state index in [0.29, 0.717) is 6.61 Å². The molecule has 0 aliphatic heterocycles. The molecule has 0 heterocycles. The molecule has 4 rings (SSSR count). The Kier molecular flexibility index (Phi) is 6.70. The van der Waals surface area contributed by atoms with Gasteiger partial charge in [0.15, 0.2) is 0 Å². The summed E-state index contributed by atoms with van der Waals surface area (Å²) in [7, 11) is 0. The first-order chi connectivity index (χ1) is 14.9. The van der Waals surface area contributed by atoms with Crippen molar-refractivity contribution in [2.24, 2.45) is 4.99 Å². The standard InChI is InChI=1S/C28H25NO/c1-4-11-23(12-5-1)20-28(26-16-8-3-9-17-26)29-21-25-15-10-18-27(19-25)30-22-24-13-6-2-7-14-24/h1-19,21,28H,20,22H2/b29-21-. The van der Waals surface area contributed by atoms with Crippen LogP contribution in [0.5, 0.6) is 5.75 Å². The Morgan fingerprint density at radius 3 is 2.00 bits per heavy atom. The lowest BCUT2D eigenvalue weighted by atomic mass is 9.99. The SMILES string of the molecule is C(=N/C(Cc1ccccc1)c1ccccc1)/c1cccc(OCc2ccccc2)c1. The maximum absolute atomic E-state index is 5.96. The molecule has 0 spiro atoms. The van der Waals surface area contributed by atoms with E-state index in [1.165, 1.54) is 11.1 Å². The van der Waals surface area contributed by atoms with Crippen LogP contribution in [0.1, 0.15) is 28.3 Å². The topological polar surface area (TPSA) is 21.6 Å². The first kappa shape index (κ1) is 19.7. The summed E-state index contributed by atoms with van der Waals surface area (Å²) in [5.74, 6) is 0.849. The van der Waals surface area contributed by atoms with Crippen LogP contribution in [0.25, 0.3) is 0 Å². The minimum absolute atomic E-state index is 0.0718. The number of nitrogens with zero attached hydrogens (tertiary/aromatic N) is 1. The smallest absolute Gasteiger partial charge is 0.120 e. The molecular formula is C28H25NO. The molecule has 0 amide bonds. The molecule has 2 heteroatoms. The highest BCUT2D eigenvalue weighted by molar-refractivity contribution is 5.80. The van der Waals surface area contributed by atoms with E-state index in [-0.39, 0.29) is 6.04 Å². The number of hydrogen-bond donors (Lipinski definition) is 0. The van der Waals surface area contributed by atoms with Crippen LogP contribution < -0.4 is 4.74 Å². The molecular weight excluding hydrogens is 366 g/mol. The van der Waals surface area contributed by atoms with Crippen LogP contribution in [0.2, 0.25) is 0 Å². The zero-order chi connectivity index (χ0) is 20.4. The Bertz CT molecular complexity index is 1060. The second kappa shape index (κ2) is 10.2. The van der Waals surface area contributed by atoms with E-state index in [1.54, 1.807) is 0 Å². The molecule has 1 atom stereocenters. The van der Waals surface area contributed by atoms with Gasteiger partial charge in [0.2, 0.25) is 0 Å². The van der Waals surface area contributed by atoms with Gasteiger partial charge in [0.1, 0.15) is 12.4 Å². The van der Waals surface area contributed by atoms with E-state index in [2.05, 4.69) is 66.7 Å². The first-order valence-corrected chi connectivity index (χ1v) is 10.3. The molecule has 30 heavy (non-hydrogen) atoms. The van der Waals surface area contributed by atoms with Gasteiger partial charge in [-0.05, 0) is 40.8 Å². The normalized spacial score (nSPS) is 12.0. The molecule has 0 aliphatic rings. The minimum atomic E-state index is 0.0718. The number of aliphatic imine (C=N–C) groups is 1. The van der Waals surface area contributed by atoms with Crippen molar-refractivity contribution in [1.82, 2.24) is 0 Å². The van der Waals surface area contributed by atoms with Crippen molar-refractivity contribution in [1.29, 1.82) is 0 Å². The predicted molar refractivity (Wildman–Crippen MR) is 124 cm³/mol. The maximum atomic E-state index is 5.96. The van der Waals surface area contributed by atoms with Gasteiger partial charge in [-0.25, -0.2) is 0 Å². The molecule has 0 radical (unpaired) electrons. The van der Waals surface area contributed by atoms with Crippen molar-refractivity contribution in [3.63, 3.8) is 0 Å². The second-order valence-corrected chi connectivity index (χ2v) is 7.24. The minimum Gasteiger partial charge on any atom is -0.489 e. The monoisotopic (exact) mass is 391 g/mol. The highest BCUT2D eigenvalue weighted by Gasteiger charge is 2.10. The van der Waals surface area contributed by atoms with Crippen LogP contribution >= 0.6 is 0 Å². The average Bonchev–Trinajstić information content (AvgIpc) is 2.82. The van der Waals surface area contributed by atoms with Gasteiger partial charge in [-0.3, -0.25) is 4.99 Å². The first-order valence-electron chi connectivity index (χ1n) is 10.3. The predicted octanol–water partition coefficient (Wildman–Crippen LogP) is 6.67.